The van der Waals surface area contributed by atoms with Crippen LogP contribution >= 0.6 is 0 Å². The molecule has 0 saturated heterocycles. The van der Waals surface area contributed by atoms with E-state index in [1.165, 1.54) is 19.3 Å². The second-order valence-electron chi connectivity index (χ2n) is 6.20. The van der Waals surface area contributed by atoms with Gasteiger partial charge in [0.15, 0.2) is 0 Å². The van der Waals surface area contributed by atoms with Crippen molar-refractivity contribution in [1.29, 1.82) is 0 Å². The zero-order chi connectivity index (χ0) is 15.4. The van der Waals surface area contributed by atoms with Gasteiger partial charge in [-0.15, -0.1) is 0 Å². The molecule has 0 atom stereocenters. The maximum Gasteiger partial charge on any atom is 0.292 e. The topological polar surface area (TPSA) is 58.4 Å². The molecular formula is C16H25N3O2. The molecule has 0 aromatic heterocycles. The summed E-state index contributed by atoms with van der Waals surface area (Å²) < 4.78 is 0. The second kappa shape index (κ2) is 6.89. The summed E-state index contributed by atoms with van der Waals surface area (Å²) >= 11 is 0. The molecule has 1 N–H and O–H groups in total. The number of nitrogens with zero attached hydrogens (tertiary/aromatic N) is 2. The summed E-state index contributed by atoms with van der Waals surface area (Å²) in [6.45, 7) is 6.32. The molecule has 0 spiro atoms. The largest absolute Gasteiger partial charge is 0.382 e. The third-order valence-corrected chi connectivity index (χ3v) is 4.01. The highest BCUT2D eigenvalue weighted by atomic mass is 16.6. The van der Waals surface area contributed by atoms with Crippen LogP contribution in [0.5, 0.6) is 0 Å². The highest BCUT2D eigenvalue weighted by molar-refractivity contribution is 5.66. The first-order valence-corrected chi connectivity index (χ1v) is 7.71. The van der Waals surface area contributed by atoms with Crippen LogP contribution in [0.3, 0.4) is 0 Å². The number of hydrogen-bond donors (Lipinski definition) is 1. The molecule has 1 saturated carbocycles. The monoisotopic (exact) mass is 291 g/mol. The quantitative estimate of drug-likeness (QED) is 0.586. The summed E-state index contributed by atoms with van der Waals surface area (Å²) in [4.78, 5) is 13.3. The maximum atomic E-state index is 11.1. The summed E-state index contributed by atoms with van der Waals surface area (Å²) in [7, 11) is 1.75. The molecule has 1 aliphatic rings. The van der Waals surface area contributed by atoms with Crippen LogP contribution in [0, 0.1) is 16.0 Å². The number of nitro benzene ring substituents is 1. The van der Waals surface area contributed by atoms with Crippen LogP contribution in [0.25, 0.3) is 0 Å². The number of para-hydroxylation sites is 1. The van der Waals surface area contributed by atoms with Gasteiger partial charge in [0.25, 0.3) is 5.69 Å². The first kappa shape index (κ1) is 15.8. The number of benzene rings is 1. The molecule has 1 aromatic carbocycles. The predicted octanol–water partition coefficient (Wildman–Crippen LogP) is 3.65. The standard InChI is InChI=1S/C16H25N3O2/c1-12(2)9-10-18(14-7-8-14)11-13-5-4-6-15(19(20)21)16(13)17-3/h4-6,12,14,17H,7-11H2,1-3H3. The highest BCUT2D eigenvalue weighted by Crippen LogP contribution is 2.33. The van der Waals surface area contributed by atoms with Crippen LogP contribution in [-0.2, 0) is 6.54 Å². The summed E-state index contributed by atoms with van der Waals surface area (Å²) in [5.41, 5.74) is 1.83. The van der Waals surface area contributed by atoms with Crippen LogP contribution in [-0.4, -0.2) is 29.5 Å². The van der Waals surface area contributed by atoms with E-state index in [0.717, 1.165) is 18.7 Å². The van der Waals surface area contributed by atoms with Gasteiger partial charge in [-0.3, -0.25) is 15.0 Å². The SMILES string of the molecule is CNc1c(CN(CCC(C)C)C2CC2)cccc1[N+](=O)[O-]. The van der Waals surface area contributed by atoms with E-state index in [0.29, 0.717) is 17.6 Å². The fraction of sp³-hybridized carbons (Fsp3) is 0.625. The number of rotatable bonds is 8. The van der Waals surface area contributed by atoms with Crippen molar-refractivity contribution in [1.82, 2.24) is 4.90 Å². The van der Waals surface area contributed by atoms with Gasteiger partial charge in [-0.05, 0) is 37.3 Å². The third-order valence-electron chi connectivity index (χ3n) is 4.01. The molecule has 0 aliphatic heterocycles. The molecule has 5 heteroatoms. The van der Waals surface area contributed by atoms with Gasteiger partial charge < -0.3 is 5.32 Å². The van der Waals surface area contributed by atoms with Gasteiger partial charge in [-0.25, -0.2) is 0 Å². The summed E-state index contributed by atoms with van der Waals surface area (Å²) in [5.74, 6) is 0.681. The van der Waals surface area contributed by atoms with Gasteiger partial charge in [0.2, 0.25) is 0 Å². The molecule has 0 heterocycles. The molecule has 1 fully saturated rings. The Kier molecular flexibility index (Phi) is 5.17. The molecule has 116 valence electrons. The van der Waals surface area contributed by atoms with E-state index >= 15 is 0 Å². The van der Waals surface area contributed by atoms with Crippen molar-refractivity contribution in [3.8, 4) is 0 Å². The van der Waals surface area contributed by atoms with E-state index in [1.54, 1.807) is 19.2 Å². The van der Waals surface area contributed by atoms with Crippen molar-refractivity contribution in [2.24, 2.45) is 5.92 Å². The molecule has 0 unspecified atom stereocenters. The van der Waals surface area contributed by atoms with Crippen LogP contribution < -0.4 is 5.32 Å². The number of hydrogen-bond acceptors (Lipinski definition) is 4. The van der Waals surface area contributed by atoms with Crippen molar-refractivity contribution in [2.45, 2.75) is 45.7 Å². The van der Waals surface area contributed by atoms with Crippen molar-refractivity contribution >= 4 is 11.4 Å². The molecule has 0 radical (unpaired) electrons. The van der Waals surface area contributed by atoms with Crippen molar-refractivity contribution in [2.75, 3.05) is 18.9 Å². The van der Waals surface area contributed by atoms with Crippen LogP contribution in [0.4, 0.5) is 11.4 Å². The Labute approximate surface area is 126 Å². The first-order valence-electron chi connectivity index (χ1n) is 7.71. The van der Waals surface area contributed by atoms with Crippen LogP contribution in [0.15, 0.2) is 18.2 Å². The number of nitro groups is 1. The lowest BCUT2D eigenvalue weighted by molar-refractivity contribution is -0.384. The Morgan fingerprint density at radius 3 is 2.67 bits per heavy atom. The minimum atomic E-state index is -0.315. The van der Waals surface area contributed by atoms with E-state index < -0.39 is 0 Å². The van der Waals surface area contributed by atoms with Crippen molar-refractivity contribution in [3.05, 3.63) is 33.9 Å². The average molecular weight is 291 g/mol. The maximum absolute atomic E-state index is 11.1. The van der Waals surface area contributed by atoms with Gasteiger partial charge in [0.05, 0.1) is 4.92 Å². The zero-order valence-electron chi connectivity index (χ0n) is 13.1. The number of nitrogens with one attached hydrogen (secondary N) is 1. The zero-order valence-corrected chi connectivity index (χ0v) is 13.1. The van der Waals surface area contributed by atoms with E-state index in [4.69, 9.17) is 0 Å². The Bertz CT molecular complexity index is 498. The molecular weight excluding hydrogens is 266 g/mol. The highest BCUT2D eigenvalue weighted by Gasteiger charge is 2.29. The predicted molar refractivity (Wildman–Crippen MR) is 85.5 cm³/mol. The van der Waals surface area contributed by atoms with Crippen LogP contribution in [0.1, 0.15) is 38.7 Å². The Hall–Kier alpha value is -1.62. The summed E-state index contributed by atoms with van der Waals surface area (Å²) in [6, 6.07) is 5.99. The summed E-state index contributed by atoms with van der Waals surface area (Å²) in [5, 5.41) is 14.1. The lowest BCUT2D eigenvalue weighted by Crippen LogP contribution is -2.28. The smallest absolute Gasteiger partial charge is 0.292 e. The van der Waals surface area contributed by atoms with Crippen molar-refractivity contribution in [3.63, 3.8) is 0 Å². The molecule has 0 bridgehead atoms. The van der Waals surface area contributed by atoms with E-state index in [2.05, 4.69) is 24.1 Å². The third kappa shape index (κ3) is 4.17. The molecule has 21 heavy (non-hydrogen) atoms. The lowest BCUT2D eigenvalue weighted by Gasteiger charge is -2.24. The fourth-order valence-corrected chi connectivity index (χ4v) is 2.63. The lowest BCUT2D eigenvalue weighted by atomic mass is 10.1. The van der Waals surface area contributed by atoms with Crippen molar-refractivity contribution < 1.29 is 4.92 Å². The molecule has 5 nitrogen and oxygen atoms in total. The molecule has 2 rings (SSSR count). The van der Waals surface area contributed by atoms with Gasteiger partial charge in [-0.2, -0.15) is 0 Å². The van der Waals surface area contributed by atoms with E-state index in [1.807, 2.05) is 6.07 Å². The Morgan fingerprint density at radius 2 is 2.14 bits per heavy atom. The average Bonchev–Trinajstić information content (AvgIpc) is 3.27. The molecule has 0 amide bonds. The van der Waals surface area contributed by atoms with Gasteiger partial charge in [-0.1, -0.05) is 26.0 Å². The first-order chi connectivity index (χ1) is 10.0. The van der Waals surface area contributed by atoms with Gasteiger partial charge in [0, 0.05) is 25.7 Å². The Balaban J connectivity index is 2.16. The number of anilines is 1. The van der Waals surface area contributed by atoms with E-state index in [-0.39, 0.29) is 10.6 Å². The molecule has 1 aromatic rings. The summed E-state index contributed by atoms with van der Waals surface area (Å²) in [6.07, 6.45) is 3.67. The van der Waals surface area contributed by atoms with Gasteiger partial charge >= 0.3 is 0 Å². The fourth-order valence-electron chi connectivity index (χ4n) is 2.63. The minimum Gasteiger partial charge on any atom is -0.382 e. The molecule has 1 aliphatic carbocycles. The Morgan fingerprint density at radius 1 is 1.43 bits per heavy atom. The van der Waals surface area contributed by atoms with E-state index in [9.17, 15) is 10.1 Å². The second-order valence-corrected chi connectivity index (χ2v) is 6.20. The minimum absolute atomic E-state index is 0.162. The normalized spacial score (nSPS) is 14.7. The van der Waals surface area contributed by atoms with Crippen LogP contribution in [0.2, 0.25) is 0 Å². The van der Waals surface area contributed by atoms with Gasteiger partial charge in [0.1, 0.15) is 5.69 Å².